The normalized spacial score (nSPS) is 9.39. The third-order valence-corrected chi connectivity index (χ3v) is 2.29. The van der Waals surface area contributed by atoms with Crippen molar-refractivity contribution in [1.82, 2.24) is 0 Å². The molecule has 0 radical (unpaired) electrons. The molecule has 1 nitrogen and oxygen atoms in total. The van der Waals surface area contributed by atoms with Crippen LogP contribution in [0.3, 0.4) is 0 Å². The van der Waals surface area contributed by atoms with Crippen LogP contribution >= 0.6 is 25.2 Å². The number of rotatable bonds is 3. The molecule has 0 heterocycles. The first-order valence-corrected chi connectivity index (χ1v) is 12.4. The maximum atomic E-state index is 13.2. The van der Waals surface area contributed by atoms with Crippen LogP contribution in [0.25, 0.3) is 0 Å². The van der Waals surface area contributed by atoms with Gasteiger partial charge in [-0.05, 0) is 17.7 Å². The minimum absolute atomic E-state index is 0.221. The third kappa shape index (κ3) is 5.05. The second-order valence-electron chi connectivity index (χ2n) is 3.28. The van der Waals surface area contributed by atoms with E-state index in [1.807, 2.05) is 12.1 Å². The van der Waals surface area contributed by atoms with Gasteiger partial charge in [0, 0.05) is 16.6 Å². The molecule has 90 valence electrons. The number of halogens is 3. The topological polar surface area (TPSA) is 9.23 Å². The molecule has 0 saturated heterocycles. The van der Waals surface area contributed by atoms with E-state index in [0.29, 0.717) is 11.6 Å². The monoisotopic (exact) mass is 378 g/mol. The zero-order valence-corrected chi connectivity index (χ0v) is 14.8. The van der Waals surface area contributed by atoms with Crippen molar-refractivity contribution in [1.29, 1.82) is 0 Å². The molecule has 0 atom stereocenters. The summed E-state index contributed by atoms with van der Waals surface area (Å²) in [5, 5.41) is 0.642. The summed E-state index contributed by atoms with van der Waals surface area (Å²) in [4.78, 5) is 0. The van der Waals surface area contributed by atoms with Crippen molar-refractivity contribution in [2.45, 2.75) is 6.61 Å². The summed E-state index contributed by atoms with van der Waals surface area (Å²) in [6, 6.07) is 14.3. The first-order chi connectivity index (χ1) is 8.75. The third-order valence-electron chi connectivity index (χ3n) is 2.06. The first-order valence-electron chi connectivity index (χ1n) is 5.05. The molecule has 2 aromatic carbocycles. The molecule has 0 saturated carbocycles. The molecule has 5 heteroatoms. The number of benzene rings is 2. The van der Waals surface area contributed by atoms with E-state index in [1.165, 1.54) is 22.4 Å². The van der Waals surface area contributed by atoms with E-state index in [4.69, 9.17) is 16.3 Å². The van der Waals surface area contributed by atoms with E-state index < -0.39 is 5.82 Å². The summed E-state index contributed by atoms with van der Waals surface area (Å²) in [6.07, 6.45) is 0. The average Bonchev–Trinajstić information content (AvgIpc) is 2.40. The van der Waals surface area contributed by atoms with Gasteiger partial charge < -0.3 is 4.74 Å². The Hall–Kier alpha value is -0.437. The molecule has 0 spiro atoms. The summed E-state index contributed by atoms with van der Waals surface area (Å²) in [5.74, 6) is -0.191. The SMILES string of the molecule is Fc1c[c-]ccc1OCc1cccc(Cl)c1.[Zn+][Br]. The fourth-order valence-electron chi connectivity index (χ4n) is 1.30. The van der Waals surface area contributed by atoms with Crippen LogP contribution in [0, 0.1) is 11.9 Å². The Bertz CT molecular complexity index is 496. The van der Waals surface area contributed by atoms with Crippen LogP contribution in [0.5, 0.6) is 5.75 Å². The van der Waals surface area contributed by atoms with Gasteiger partial charge in [0.1, 0.15) is 6.61 Å². The van der Waals surface area contributed by atoms with Crippen LogP contribution in [-0.4, -0.2) is 0 Å². The summed E-state index contributed by atoms with van der Waals surface area (Å²) in [5.41, 5.74) is 0.903. The maximum absolute atomic E-state index is 13.2. The van der Waals surface area contributed by atoms with Gasteiger partial charge in [-0.2, -0.15) is 12.1 Å². The van der Waals surface area contributed by atoms with Gasteiger partial charge in [0.05, 0.1) is 0 Å². The summed E-state index contributed by atoms with van der Waals surface area (Å²) >= 11 is 10.1. The molecule has 0 fully saturated rings. The van der Waals surface area contributed by atoms with E-state index in [2.05, 4.69) is 19.7 Å². The van der Waals surface area contributed by atoms with Crippen LogP contribution in [0.4, 0.5) is 4.39 Å². The van der Waals surface area contributed by atoms with E-state index in [1.54, 1.807) is 24.3 Å². The first kappa shape index (κ1) is 15.6. The summed E-state index contributed by atoms with van der Waals surface area (Å²) in [7, 11) is 0. The molecular formula is C13H9BrClFOZn. The van der Waals surface area contributed by atoms with Crippen molar-refractivity contribution in [3.63, 3.8) is 0 Å². The van der Waals surface area contributed by atoms with Gasteiger partial charge in [0.2, 0.25) is 0 Å². The van der Waals surface area contributed by atoms with Crippen LogP contribution < -0.4 is 4.74 Å². The van der Waals surface area contributed by atoms with Crippen LogP contribution in [0.1, 0.15) is 5.56 Å². The molecule has 18 heavy (non-hydrogen) atoms. The average molecular weight is 381 g/mol. The number of ether oxygens (including phenoxy) is 1. The Morgan fingerprint density at radius 1 is 1.33 bits per heavy atom. The Morgan fingerprint density at radius 3 is 2.78 bits per heavy atom. The molecule has 0 bridgehead atoms. The fraction of sp³-hybridized carbons (Fsp3) is 0.0769. The molecule has 0 aliphatic heterocycles. The molecule has 0 aromatic heterocycles. The van der Waals surface area contributed by atoms with Gasteiger partial charge >= 0.3 is 30.0 Å². The van der Waals surface area contributed by atoms with Crippen molar-refractivity contribution in [3.8, 4) is 5.75 Å². The standard InChI is InChI=1S/C13H9ClFO.BrH.Zn/c14-11-5-3-4-10(8-11)9-16-13-7-2-1-6-12(13)15;;/h2-8H,9H2;1H;/q-1;;+2/p-1. The Balaban J connectivity index is 0.000000771. The van der Waals surface area contributed by atoms with Crippen LogP contribution in [0.15, 0.2) is 42.5 Å². The molecule has 0 unspecified atom stereocenters. The fourth-order valence-corrected chi connectivity index (χ4v) is 1.51. The molecular weight excluding hydrogens is 372 g/mol. The van der Waals surface area contributed by atoms with Gasteiger partial charge in [-0.1, -0.05) is 23.7 Å². The molecule has 2 rings (SSSR count). The quantitative estimate of drug-likeness (QED) is 0.554. The van der Waals surface area contributed by atoms with E-state index in [-0.39, 0.29) is 5.75 Å². The van der Waals surface area contributed by atoms with Crippen molar-refractivity contribution in [2.24, 2.45) is 0 Å². The van der Waals surface area contributed by atoms with Crippen LogP contribution in [-0.2, 0) is 22.9 Å². The molecule has 0 aliphatic carbocycles. The summed E-state index contributed by atoms with van der Waals surface area (Å²) in [6.45, 7) is 0.293. The zero-order chi connectivity index (χ0) is 13.4. The van der Waals surface area contributed by atoms with Crippen LogP contribution in [0.2, 0.25) is 5.02 Å². The number of hydrogen-bond donors (Lipinski definition) is 0. The van der Waals surface area contributed by atoms with Gasteiger partial charge in [-0.3, -0.25) is 4.39 Å². The Kier molecular flexibility index (Phi) is 7.49. The number of hydrogen-bond acceptors (Lipinski definition) is 1. The van der Waals surface area contributed by atoms with E-state index in [9.17, 15) is 4.39 Å². The van der Waals surface area contributed by atoms with Crippen molar-refractivity contribution >= 4 is 25.2 Å². The molecule has 0 N–H and O–H groups in total. The van der Waals surface area contributed by atoms with E-state index in [0.717, 1.165) is 5.56 Å². The molecule has 0 amide bonds. The molecule has 0 aliphatic rings. The van der Waals surface area contributed by atoms with Gasteiger partial charge in [0.25, 0.3) is 0 Å². The van der Waals surface area contributed by atoms with Crippen molar-refractivity contribution in [3.05, 3.63) is 64.9 Å². The van der Waals surface area contributed by atoms with Gasteiger partial charge in [-0.15, -0.1) is 12.1 Å². The van der Waals surface area contributed by atoms with Crippen molar-refractivity contribution < 1.29 is 25.5 Å². The Morgan fingerprint density at radius 2 is 2.11 bits per heavy atom. The van der Waals surface area contributed by atoms with E-state index >= 15 is 0 Å². The van der Waals surface area contributed by atoms with Gasteiger partial charge in [0.15, 0.2) is 0 Å². The summed E-state index contributed by atoms with van der Waals surface area (Å²) < 4.78 is 18.5. The predicted molar refractivity (Wildman–Crippen MR) is 69.9 cm³/mol. The zero-order valence-electron chi connectivity index (χ0n) is 9.50. The van der Waals surface area contributed by atoms with Crippen molar-refractivity contribution in [2.75, 3.05) is 0 Å². The molecule has 2 aromatic rings. The Labute approximate surface area is 127 Å². The second kappa shape index (κ2) is 8.63. The predicted octanol–water partition coefficient (Wildman–Crippen LogP) is 4.70. The van der Waals surface area contributed by atoms with Gasteiger partial charge in [-0.25, -0.2) is 0 Å². The second-order valence-corrected chi connectivity index (χ2v) is 3.71. The minimum atomic E-state index is -0.412.